The number of amides is 1. The van der Waals surface area contributed by atoms with Crippen LogP contribution in [0.2, 0.25) is 0 Å². The Balaban J connectivity index is 1.53. The number of carbonyl (C=O) groups excluding carboxylic acids is 1. The van der Waals surface area contributed by atoms with Gasteiger partial charge in [0.1, 0.15) is 4.88 Å². The summed E-state index contributed by atoms with van der Waals surface area (Å²) in [5, 5.41) is 3.66. The summed E-state index contributed by atoms with van der Waals surface area (Å²) in [7, 11) is 0. The third-order valence-electron chi connectivity index (χ3n) is 5.69. The number of hydrogen-bond donors (Lipinski definition) is 2. The number of thiazole rings is 1. The minimum absolute atomic E-state index is 0.0432. The molecule has 0 radical (unpaired) electrons. The van der Waals surface area contributed by atoms with Gasteiger partial charge < -0.3 is 11.1 Å². The molecule has 4 nitrogen and oxygen atoms in total. The first-order chi connectivity index (χ1) is 11.6. The lowest BCUT2D eigenvalue weighted by Crippen LogP contribution is -2.40. The molecule has 0 spiro atoms. The van der Waals surface area contributed by atoms with Crippen LogP contribution in [0.3, 0.4) is 0 Å². The van der Waals surface area contributed by atoms with Crippen LogP contribution in [0, 0.1) is 17.8 Å². The van der Waals surface area contributed by atoms with Crippen LogP contribution >= 0.6 is 11.3 Å². The SMILES string of the molecule is CC(NC(=O)c1sc(N)nc1-c1ccccc1)C1CC2CCC1C2. The number of nitrogens with zero attached hydrogens (tertiary/aromatic N) is 1. The highest BCUT2D eigenvalue weighted by Gasteiger charge is 2.42. The van der Waals surface area contributed by atoms with Crippen molar-refractivity contribution >= 4 is 22.4 Å². The molecule has 1 heterocycles. The van der Waals surface area contributed by atoms with Crippen LogP contribution in [0.15, 0.2) is 30.3 Å². The number of aromatic nitrogens is 1. The summed E-state index contributed by atoms with van der Waals surface area (Å²) in [6, 6.07) is 9.99. The van der Waals surface area contributed by atoms with Crippen molar-refractivity contribution in [2.75, 3.05) is 5.73 Å². The summed E-state index contributed by atoms with van der Waals surface area (Å²) in [6.07, 6.45) is 5.33. The fraction of sp³-hybridized carbons (Fsp3) is 0.474. The normalized spacial score (nSPS) is 26.5. The van der Waals surface area contributed by atoms with Gasteiger partial charge in [-0.15, -0.1) is 0 Å². The Morgan fingerprint density at radius 3 is 2.75 bits per heavy atom. The van der Waals surface area contributed by atoms with E-state index in [0.29, 0.717) is 21.6 Å². The highest BCUT2D eigenvalue weighted by Crippen LogP contribution is 2.49. The monoisotopic (exact) mass is 341 g/mol. The summed E-state index contributed by atoms with van der Waals surface area (Å²) in [5.41, 5.74) is 7.51. The van der Waals surface area contributed by atoms with E-state index >= 15 is 0 Å². The Bertz CT molecular complexity index is 742. The van der Waals surface area contributed by atoms with Crippen LogP contribution in [0.4, 0.5) is 5.13 Å². The van der Waals surface area contributed by atoms with E-state index in [1.807, 2.05) is 30.3 Å². The van der Waals surface area contributed by atoms with E-state index < -0.39 is 0 Å². The topological polar surface area (TPSA) is 68.0 Å². The molecule has 2 aromatic rings. The standard InChI is InChI=1S/C19H23N3OS/c1-11(15-10-12-7-8-14(15)9-12)21-18(23)17-16(22-19(20)24-17)13-5-3-2-4-6-13/h2-6,11-12,14-15H,7-10H2,1H3,(H2,20,22)(H,21,23). The van der Waals surface area contributed by atoms with Crippen molar-refractivity contribution in [2.24, 2.45) is 17.8 Å². The van der Waals surface area contributed by atoms with Gasteiger partial charge in [0, 0.05) is 11.6 Å². The summed E-state index contributed by atoms with van der Waals surface area (Å²) >= 11 is 1.27. The van der Waals surface area contributed by atoms with E-state index in [1.165, 1.54) is 37.0 Å². The quantitative estimate of drug-likeness (QED) is 0.885. The molecule has 4 rings (SSSR count). The second-order valence-corrected chi connectivity index (χ2v) is 8.23. The molecule has 4 atom stereocenters. The molecule has 3 N–H and O–H groups in total. The first-order valence-corrected chi connectivity index (χ1v) is 9.56. The number of hydrogen-bond acceptors (Lipinski definition) is 4. The molecule has 1 aromatic heterocycles. The summed E-state index contributed by atoms with van der Waals surface area (Å²) in [6.45, 7) is 2.15. The predicted octanol–water partition coefficient (Wildman–Crippen LogP) is 3.95. The lowest BCUT2D eigenvalue weighted by Gasteiger charge is -2.28. The van der Waals surface area contributed by atoms with Crippen molar-refractivity contribution in [3.63, 3.8) is 0 Å². The molecule has 2 aliphatic rings. The van der Waals surface area contributed by atoms with Crippen LogP contribution in [0.1, 0.15) is 42.3 Å². The van der Waals surface area contributed by atoms with E-state index in [1.54, 1.807) is 0 Å². The average molecular weight is 341 g/mol. The minimum Gasteiger partial charge on any atom is -0.375 e. The van der Waals surface area contributed by atoms with Crippen molar-refractivity contribution in [1.82, 2.24) is 10.3 Å². The maximum atomic E-state index is 12.8. The lowest BCUT2D eigenvalue weighted by molar-refractivity contribution is 0.0920. The molecule has 2 fully saturated rings. The molecule has 2 aliphatic carbocycles. The van der Waals surface area contributed by atoms with Gasteiger partial charge in [-0.25, -0.2) is 4.98 Å². The van der Waals surface area contributed by atoms with Gasteiger partial charge in [-0.1, -0.05) is 48.1 Å². The van der Waals surface area contributed by atoms with Gasteiger partial charge in [0.15, 0.2) is 5.13 Å². The second-order valence-electron chi connectivity index (χ2n) is 7.20. The van der Waals surface area contributed by atoms with Crippen LogP contribution in [0.5, 0.6) is 0 Å². The summed E-state index contributed by atoms with van der Waals surface area (Å²) in [4.78, 5) is 17.8. The molecular weight excluding hydrogens is 318 g/mol. The third-order valence-corrected chi connectivity index (χ3v) is 6.57. The van der Waals surface area contributed by atoms with E-state index in [0.717, 1.165) is 17.4 Å². The maximum absolute atomic E-state index is 12.8. The van der Waals surface area contributed by atoms with Crippen molar-refractivity contribution in [3.8, 4) is 11.3 Å². The lowest BCUT2D eigenvalue weighted by atomic mass is 9.84. The molecule has 1 amide bonds. The smallest absolute Gasteiger partial charge is 0.263 e. The van der Waals surface area contributed by atoms with Gasteiger partial charge in [0.2, 0.25) is 0 Å². The summed E-state index contributed by atoms with van der Waals surface area (Å²) < 4.78 is 0. The maximum Gasteiger partial charge on any atom is 0.263 e. The fourth-order valence-corrected chi connectivity index (χ4v) is 5.33. The van der Waals surface area contributed by atoms with Crippen molar-refractivity contribution in [1.29, 1.82) is 0 Å². The van der Waals surface area contributed by atoms with E-state index in [-0.39, 0.29) is 11.9 Å². The Kier molecular flexibility index (Phi) is 4.04. The van der Waals surface area contributed by atoms with Gasteiger partial charge in [-0.05, 0) is 43.9 Å². The largest absolute Gasteiger partial charge is 0.375 e. The number of rotatable bonds is 4. The highest BCUT2D eigenvalue weighted by atomic mass is 32.1. The van der Waals surface area contributed by atoms with Crippen LogP contribution < -0.4 is 11.1 Å². The Morgan fingerprint density at radius 1 is 1.29 bits per heavy atom. The van der Waals surface area contributed by atoms with E-state index in [9.17, 15) is 4.79 Å². The van der Waals surface area contributed by atoms with Crippen LogP contribution in [-0.4, -0.2) is 16.9 Å². The first-order valence-electron chi connectivity index (χ1n) is 8.74. The molecule has 0 saturated heterocycles. The minimum atomic E-state index is -0.0432. The molecule has 2 saturated carbocycles. The predicted molar refractivity (Wildman–Crippen MR) is 97.8 cm³/mol. The van der Waals surface area contributed by atoms with Crippen LogP contribution in [0.25, 0.3) is 11.3 Å². The zero-order chi connectivity index (χ0) is 16.7. The van der Waals surface area contributed by atoms with Crippen molar-refractivity contribution in [2.45, 2.75) is 38.6 Å². The number of benzene rings is 1. The molecule has 2 bridgehead atoms. The first kappa shape index (κ1) is 15.6. The Hall–Kier alpha value is -1.88. The molecule has 4 unspecified atom stereocenters. The average Bonchev–Trinajstić information content (AvgIpc) is 3.30. The second kappa shape index (κ2) is 6.20. The van der Waals surface area contributed by atoms with Gasteiger partial charge in [0.05, 0.1) is 5.69 Å². The Morgan fingerprint density at radius 2 is 2.08 bits per heavy atom. The van der Waals surface area contributed by atoms with Crippen molar-refractivity contribution in [3.05, 3.63) is 35.2 Å². The Labute approximate surface area is 146 Å². The van der Waals surface area contributed by atoms with E-state index in [2.05, 4.69) is 17.2 Å². The number of nitrogen functional groups attached to an aromatic ring is 1. The van der Waals surface area contributed by atoms with Gasteiger partial charge >= 0.3 is 0 Å². The number of anilines is 1. The molecule has 126 valence electrons. The van der Waals surface area contributed by atoms with E-state index in [4.69, 9.17) is 5.73 Å². The number of fused-ring (bicyclic) bond motifs is 2. The third kappa shape index (κ3) is 2.81. The number of carbonyl (C=O) groups is 1. The summed E-state index contributed by atoms with van der Waals surface area (Å²) in [5.74, 6) is 2.26. The fourth-order valence-electron chi connectivity index (χ4n) is 4.57. The highest BCUT2D eigenvalue weighted by molar-refractivity contribution is 7.17. The molecule has 5 heteroatoms. The molecule has 24 heavy (non-hydrogen) atoms. The van der Waals surface area contributed by atoms with Crippen molar-refractivity contribution < 1.29 is 4.79 Å². The number of nitrogens with two attached hydrogens (primary N) is 1. The molecular formula is C19H23N3OS. The molecule has 0 aliphatic heterocycles. The van der Waals surface area contributed by atoms with Gasteiger partial charge in [-0.3, -0.25) is 4.79 Å². The number of nitrogens with one attached hydrogen (secondary N) is 1. The zero-order valence-corrected chi connectivity index (χ0v) is 14.7. The van der Waals surface area contributed by atoms with Gasteiger partial charge in [0.25, 0.3) is 5.91 Å². The van der Waals surface area contributed by atoms with Crippen LogP contribution in [-0.2, 0) is 0 Å². The molecule has 1 aromatic carbocycles. The van der Waals surface area contributed by atoms with Gasteiger partial charge in [-0.2, -0.15) is 0 Å². The zero-order valence-electron chi connectivity index (χ0n) is 13.9.